The zero-order chi connectivity index (χ0) is 12.8. The third kappa shape index (κ3) is 3.31. The third-order valence-corrected chi connectivity index (χ3v) is 3.44. The molecule has 2 rings (SSSR count). The molecular formula is C15H23NO2. The van der Waals surface area contributed by atoms with Crippen molar-refractivity contribution in [3.8, 4) is 0 Å². The van der Waals surface area contributed by atoms with E-state index in [9.17, 15) is 0 Å². The standard InChI is InChI=1S/C15H23NO2/c1-2-3-8-17-9-10-18-14-11-12-6-4-5-7-13(12)15(14)16/h4-7,14-15H,2-3,8-11,16H2,1H3. The Morgan fingerprint density at radius 1 is 1.22 bits per heavy atom. The minimum atomic E-state index is 0.0110. The number of hydrogen-bond acceptors (Lipinski definition) is 3. The first-order chi connectivity index (χ1) is 8.83. The fourth-order valence-electron chi connectivity index (χ4n) is 2.36. The molecule has 2 unspecified atom stereocenters. The van der Waals surface area contributed by atoms with Crippen molar-refractivity contribution in [1.82, 2.24) is 0 Å². The van der Waals surface area contributed by atoms with E-state index in [1.165, 1.54) is 17.5 Å². The zero-order valence-electron chi connectivity index (χ0n) is 11.1. The molecule has 1 aliphatic carbocycles. The Hall–Kier alpha value is -0.900. The van der Waals surface area contributed by atoms with Gasteiger partial charge in [-0.3, -0.25) is 0 Å². The van der Waals surface area contributed by atoms with E-state index >= 15 is 0 Å². The second-order valence-corrected chi connectivity index (χ2v) is 4.80. The predicted octanol–water partition coefficient (Wildman–Crippen LogP) is 2.44. The van der Waals surface area contributed by atoms with Crippen LogP contribution in [-0.4, -0.2) is 25.9 Å². The van der Waals surface area contributed by atoms with Crippen LogP contribution in [0.25, 0.3) is 0 Å². The molecule has 3 nitrogen and oxygen atoms in total. The fraction of sp³-hybridized carbons (Fsp3) is 0.600. The summed E-state index contributed by atoms with van der Waals surface area (Å²) in [6, 6.07) is 8.34. The summed E-state index contributed by atoms with van der Waals surface area (Å²) in [4.78, 5) is 0. The van der Waals surface area contributed by atoms with Crippen LogP contribution in [0.15, 0.2) is 24.3 Å². The lowest BCUT2D eigenvalue weighted by atomic mass is 10.1. The normalized spacial score (nSPS) is 22.1. The van der Waals surface area contributed by atoms with Gasteiger partial charge in [-0.1, -0.05) is 37.6 Å². The van der Waals surface area contributed by atoms with Crippen LogP contribution in [0.5, 0.6) is 0 Å². The van der Waals surface area contributed by atoms with Crippen LogP contribution in [0, 0.1) is 0 Å². The molecule has 0 heterocycles. The molecular weight excluding hydrogens is 226 g/mol. The van der Waals surface area contributed by atoms with E-state index < -0.39 is 0 Å². The van der Waals surface area contributed by atoms with Crippen LogP contribution in [0.2, 0.25) is 0 Å². The number of ether oxygens (including phenoxy) is 2. The van der Waals surface area contributed by atoms with E-state index in [1.54, 1.807) is 0 Å². The molecule has 0 spiro atoms. The maximum Gasteiger partial charge on any atom is 0.0809 e. The zero-order valence-corrected chi connectivity index (χ0v) is 11.1. The lowest BCUT2D eigenvalue weighted by molar-refractivity contribution is -0.00136. The number of rotatable bonds is 7. The number of fused-ring (bicyclic) bond motifs is 1. The average molecular weight is 249 g/mol. The summed E-state index contributed by atoms with van der Waals surface area (Å²) in [7, 11) is 0. The van der Waals surface area contributed by atoms with Crippen LogP contribution in [0.4, 0.5) is 0 Å². The van der Waals surface area contributed by atoms with Crippen molar-refractivity contribution in [2.45, 2.75) is 38.3 Å². The van der Waals surface area contributed by atoms with Crippen molar-refractivity contribution in [2.75, 3.05) is 19.8 Å². The molecule has 1 aromatic rings. The Kier molecular flexibility index (Phi) is 5.17. The maximum absolute atomic E-state index is 6.19. The van der Waals surface area contributed by atoms with E-state index in [1.807, 2.05) is 6.07 Å². The Labute approximate surface area is 109 Å². The molecule has 1 aromatic carbocycles. The Morgan fingerprint density at radius 2 is 2.06 bits per heavy atom. The van der Waals surface area contributed by atoms with Crippen molar-refractivity contribution in [3.05, 3.63) is 35.4 Å². The highest BCUT2D eigenvalue weighted by Gasteiger charge is 2.29. The highest BCUT2D eigenvalue weighted by atomic mass is 16.5. The molecule has 0 fully saturated rings. The summed E-state index contributed by atoms with van der Waals surface area (Å²) in [5, 5.41) is 0. The molecule has 100 valence electrons. The van der Waals surface area contributed by atoms with Gasteiger partial charge >= 0.3 is 0 Å². The molecule has 0 saturated carbocycles. The third-order valence-electron chi connectivity index (χ3n) is 3.44. The van der Waals surface area contributed by atoms with Crippen molar-refractivity contribution in [1.29, 1.82) is 0 Å². The molecule has 0 saturated heterocycles. The minimum Gasteiger partial charge on any atom is -0.379 e. The number of nitrogens with two attached hydrogens (primary N) is 1. The van der Waals surface area contributed by atoms with Gasteiger partial charge in [0.25, 0.3) is 0 Å². The monoisotopic (exact) mass is 249 g/mol. The number of unbranched alkanes of at least 4 members (excludes halogenated alkanes) is 1. The summed E-state index contributed by atoms with van der Waals surface area (Å²) < 4.78 is 11.3. The van der Waals surface area contributed by atoms with Gasteiger partial charge in [0.2, 0.25) is 0 Å². The summed E-state index contributed by atoms with van der Waals surface area (Å²) in [5.74, 6) is 0. The molecule has 3 heteroatoms. The van der Waals surface area contributed by atoms with Gasteiger partial charge in [-0.05, 0) is 17.5 Å². The fourth-order valence-corrected chi connectivity index (χ4v) is 2.36. The number of benzene rings is 1. The molecule has 2 atom stereocenters. The van der Waals surface area contributed by atoms with Crippen molar-refractivity contribution in [3.63, 3.8) is 0 Å². The molecule has 0 aromatic heterocycles. The second-order valence-electron chi connectivity index (χ2n) is 4.80. The highest BCUT2D eigenvalue weighted by Crippen LogP contribution is 2.31. The minimum absolute atomic E-state index is 0.0110. The lowest BCUT2D eigenvalue weighted by Gasteiger charge is -2.17. The van der Waals surface area contributed by atoms with Crippen LogP contribution in [-0.2, 0) is 15.9 Å². The van der Waals surface area contributed by atoms with Gasteiger partial charge in [0.05, 0.1) is 25.4 Å². The van der Waals surface area contributed by atoms with E-state index in [0.717, 1.165) is 19.4 Å². The summed E-state index contributed by atoms with van der Waals surface area (Å²) in [5.41, 5.74) is 8.74. The van der Waals surface area contributed by atoms with Gasteiger partial charge in [-0.15, -0.1) is 0 Å². The van der Waals surface area contributed by atoms with Gasteiger partial charge in [0.15, 0.2) is 0 Å². The molecule has 0 aliphatic heterocycles. The van der Waals surface area contributed by atoms with Gasteiger partial charge in [0, 0.05) is 13.0 Å². The predicted molar refractivity (Wildman–Crippen MR) is 72.5 cm³/mol. The smallest absolute Gasteiger partial charge is 0.0809 e. The molecule has 18 heavy (non-hydrogen) atoms. The topological polar surface area (TPSA) is 44.5 Å². The van der Waals surface area contributed by atoms with Crippen LogP contribution >= 0.6 is 0 Å². The first-order valence-corrected chi connectivity index (χ1v) is 6.85. The van der Waals surface area contributed by atoms with E-state index in [0.29, 0.717) is 13.2 Å². The molecule has 0 bridgehead atoms. The molecule has 1 aliphatic rings. The first kappa shape index (κ1) is 13.5. The summed E-state index contributed by atoms with van der Waals surface area (Å²) in [6.07, 6.45) is 3.32. The summed E-state index contributed by atoms with van der Waals surface area (Å²) >= 11 is 0. The van der Waals surface area contributed by atoms with Crippen LogP contribution in [0.1, 0.15) is 36.9 Å². The van der Waals surface area contributed by atoms with Gasteiger partial charge < -0.3 is 15.2 Å². The second kappa shape index (κ2) is 6.88. The van der Waals surface area contributed by atoms with Gasteiger partial charge in [-0.2, -0.15) is 0 Å². The SMILES string of the molecule is CCCCOCCOC1Cc2ccccc2C1N. The Bertz CT molecular complexity index is 367. The quantitative estimate of drug-likeness (QED) is 0.755. The van der Waals surface area contributed by atoms with Crippen molar-refractivity contribution >= 4 is 0 Å². The van der Waals surface area contributed by atoms with Crippen LogP contribution < -0.4 is 5.73 Å². The molecule has 0 amide bonds. The van der Waals surface area contributed by atoms with Gasteiger partial charge in [0.1, 0.15) is 0 Å². The van der Waals surface area contributed by atoms with E-state index in [2.05, 4.69) is 25.1 Å². The average Bonchev–Trinajstić information content (AvgIpc) is 2.71. The van der Waals surface area contributed by atoms with Crippen LogP contribution in [0.3, 0.4) is 0 Å². The summed E-state index contributed by atoms with van der Waals surface area (Å²) in [6.45, 7) is 4.29. The maximum atomic E-state index is 6.19. The Morgan fingerprint density at radius 3 is 2.83 bits per heavy atom. The largest absolute Gasteiger partial charge is 0.379 e. The Balaban J connectivity index is 1.70. The first-order valence-electron chi connectivity index (χ1n) is 6.85. The van der Waals surface area contributed by atoms with Gasteiger partial charge in [-0.25, -0.2) is 0 Å². The molecule has 0 radical (unpaired) electrons. The van der Waals surface area contributed by atoms with Crippen molar-refractivity contribution < 1.29 is 9.47 Å². The number of hydrogen-bond donors (Lipinski definition) is 1. The molecule has 2 N–H and O–H groups in total. The van der Waals surface area contributed by atoms with E-state index in [-0.39, 0.29) is 12.1 Å². The lowest BCUT2D eigenvalue weighted by Crippen LogP contribution is -2.26. The van der Waals surface area contributed by atoms with E-state index in [4.69, 9.17) is 15.2 Å². The highest BCUT2D eigenvalue weighted by molar-refractivity contribution is 5.36. The van der Waals surface area contributed by atoms with Crippen molar-refractivity contribution in [2.24, 2.45) is 5.73 Å².